The van der Waals surface area contributed by atoms with E-state index >= 15 is 0 Å². The third kappa shape index (κ3) is 2.60. The molecule has 0 bridgehead atoms. The van der Waals surface area contributed by atoms with Gasteiger partial charge in [0.2, 0.25) is 0 Å². The van der Waals surface area contributed by atoms with Gasteiger partial charge in [0.25, 0.3) is 0 Å². The summed E-state index contributed by atoms with van der Waals surface area (Å²) in [5, 5.41) is 0. The molecule has 0 fully saturated rings. The van der Waals surface area contributed by atoms with Crippen LogP contribution in [0.5, 0.6) is 0 Å². The van der Waals surface area contributed by atoms with Crippen LogP contribution in [0.25, 0.3) is 11.4 Å². The molecule has 3 rings (SSSR count). The van der Waals surface area contributed by atoms with Crippen LogP contribution in [0, 0.1) is 0 Å². The van der Waals surface area contributed by atoms with Gasteiger partial charge in [0, 0.05) is 63.8 Å². The first kappa shape index (κ1) is 18.2. The lowest BCUT2D eigenvalue weighted by molar-refractivity contribution is -0.641. The van der Waals surface area contributed by atoms with Gasteiger partial charge in [-0.15, -0.1) is 0 Å². The van der Waals surface area contributed by atoms with E-state index in [1.54, 1.807) is 62.3 Å². The second-order valence-corrected chi connectivity index (χ2v) is 6.56. The zero-order valence-electron chi connectivity index (χ0n) is 14.9. The van der Waals surface area contributed by atoms with Crippen LogP contribution in [0.2, 0.25) is 0 Å². The SMILES string of the molecule is CN(C)c1cc[n+](C2=C([n+]3ccc(N(C)C)cc3)C(F)(F)C2(F)F)cc1. The van der Waals surface area contributed by atoms with Crippen molar-refractivity contribution in [2.24, 2.45) is 0 Å². The predicted octanol–water partition coefficient (Wildman–Crippen LogP) is 2.50. The maximum Gasteiger partial charge on any atom is 0.409 e. The molecule has 0 radical (unpaired) electrons. The number of pyridine rings is 2. The van der Waals surface area contributed by atoms with E-state index in [0.717, 1.165) is 20.5 Å². The maximum absolute atomic E-state index is 14.2. The van der Waals surface area contributed by atoms with E-state index in [1.165, 1.54) is 24.8 Å². The average Bonchev–Trinajstić information content (AvgIpc) is 2.59. The summed E-state index contributed by atoms with van der Waals surface area (Å²) in [4.78, 5) is 3.59. The lowest BCUT2D eigenvalue weighted by atomic mass is 9.89. The molecule has 0 N–H and O–H groups in total. The van der Waals surface area contributed by atoms with Crippen molar-refractivity contribution in [2.45, 2.75) is 11.8 Å². The van der Waals surface area contributed by atoms with Crippen LogP contribution in [0.1, 0.15) is 0 Å². The zero-order valence-corrected chi connectivity index (χ0v) is 14.9. The van der Waals surface area contributed by atoms with E-state index in [1.807, 2.05) is 0 Å². The smallest absolute Gasteiger partial charge is 0.377 e. The van der Waals surface area contributed by atoms with Gasteiger partial charge in [-0.2, -0.15) is 26.7 Å². The number of alkyl halides is 4. The average molecular weight is 368 g/mol. The van der Waals surface area contributed by atoms with Gasteiger partial charge in [0.15, 0.2) is 24.8 Å². The lowest BCUT2D eigenvalue weighted by Crippen LogP contribution is -2.66. The van der Waals surface area contributed by atoms with Crippen LogP contribution >= 0.6 is 0 Å². The Kier molecular flexibility index (Phi) is 4.17. The Bertz CT molecular complexity index is 769. The third-order valence-electron chi connectivity index (χ3n) is 4.39. The van der Waals surface area contributed by atoms with Crippen molar-refractivity contribution in [1.29, 1.82) is 0 Å². The lowest BCUT2D eigenvalue weighted by Gasteiger charge is -2.31. The van der Waals surface area contributed by atoms with Gasteiger partial charge in [-0.1, -0.05) is 0 Å². The molecule has 0 atom stereocenters. The molecule has 138 valence electrons. The minimum atomic E-state index is -4.25. The van der Waals surface area contributed by atoms with Gasteiger partial charge in [-0.25, -0.2) is 0 Å². The summed E-state index contributed by atoms with van der Waals surface area (Å²) in [6, 6.07) is 6.38. The predicted molar refractivity (Wildman–Crippen MR) is 91.2 cm³/mol. The second kappa shape index (κ2) is 5.96. The number of aromatic nitrogens is 2. The monoisotopic (exact) mass is 368 g/mol. The molecule has 0 unspecified atom stereocenters. The van der Waals surface area contributed by atoms with Crippen molar-refractivity contribution in [2.75, 3.05) is 38.0 Å². The number of anilines is 2. The molecule has 0 spiro atoms. The minimum Gasteiger partial charge on any atom is -0.377 e. The second-order valence-electron chi connectivity index (χ2n) is 6.56. The van der Waals surface area contributed by atoms with Gasteiger partial charge in [-0.3, -0.25) is 0 Å². The van der Waals surface area contributed by atoms with Crippen LogP contribution in [0.4, 0.5) is 28.9 Å². The molecule has 0 aliphatic heterocycles. The highest BCUT2D eigenvalue weighted by Crippen LogP contribution is 2.55. The van der Waals surface area contributed by atoms with E-state index in [4.69, 9.17) is 0 Å². The molecule has 0 saturated carbocycles. The Morgan fingerprint density at radius 3 is 1.12 bits per heavy atom. The summed E-state index contributed by atoms with van der Waals surface area (Å²) in [6.07, 6.45) is 5.45. The standard InChI is InChI=1S/C18H20F4N4/c1-23(2)13-5-9-25(10-6-13)15-16(18(21,22)17(15,19)20)26-11-7-14(8-12-26)24(3)4/h5-12H,1-4H3/q+2. The van der Waals surface area contributed by atoms with Crippen LogP contribution in [0.15, 0.2) is 49.1 Å². The number of hydrogen-bond donors (Lipinski definition) is 0. The van der Waals surface area contributed by atoms with Crippen molar-refractivity contribution in [1.82, 2.24) is 0 Å². The minimum absolute atomic E-state index is 0.726. The Labute approximate surface area is 149 Å². The van der Waals surface area contributed by atoms with Crippen LogP contribution in [-0.2, 0) is 0 Å². The molecule has 2 aromatic rings. The Hall–Kier alpha value is -2.64. The Morgan fingerprint density at radius 1 is 0.615 bits per heavy atom. The highest BCUT2D eigenvalue weighted by atomic mass is 19.3. The summed E-state index contributed by atoms with van der Waals surface area (Å²) >= 11 is 0. The van der Waals surface area contributed by atoms with Gasteiger partial charge in [-0.05, 0) is 0 Å². The molecule has 2 aromatic heterocycles. The summed E-state index contributed by atoms with van der Waals surface area (Å²) in [6.45, 7) is 0. The topological polar surface area (TPSA) is 14.2 Å². The van der Waals surface area contributed by atoms with Crippen molar-refractivity contribution in [3.8, 4) is 0 Å². The van der Waals surface area contributed by atoms with E-state index in [9.17, 15) is 17.6 Å². The normalized spacial score (nSPS) is 17.7. The summed E-state index contributed by atoms with van der Waals surface area (Å²) in [5.41, 5.74) is 0.104. The summed E-state index contributed by atoms with van der Waals surface area (Å²) in [7, 11) is 7.22. The molecule has 0 amide bonds. The highest BCUT2D eigenvalue weighted by Gasteiger charge is 2.82. The fourth-order valence-corrected chi connectivity index (χ4v) is 2.83. The quantitative estimate of drug-likeness (QED) is 0.608. The van der Waals surface area contributed by atoms with Crippen molar-refractivity contribution < 1.29 is 26.7 Å². The summed E-state index contributed by atoms with van der Waals surface area (Å²) < 4.78 is 58.9. The molecule has 2 heterocycles. The van der Waals surface area contributed by atoms with E-state index in [0.29, 0.717) is 0 Å². The Balaban J connectivity index is 2.12. The van der Waals surface area contributed by atoms with Crippen molar-refractivity contribution in [3.63, 3.8) is 0 Å². The van der Waals surface area contributed by atoms with Gasteiger partial charge >= 0.3 is 23.2 Å². The molecule has 0 aromatic carbocycles. The molecule has 0 saturated heterocycles. The van der Waals surface area contributed by atoms with E-state index in [-0.39, 0.29) is 0 Å². The Morgan fingerprint density at radius 2 is 0.885 bits per heavy atom. The zero-order chi connectivity index (χ0) is 19.3. The molecule has 1 aliphatic carbocycles. The van der Waals surface area contributed by atoms with Crippen molar-refractivity contribution in [3.05, 3.63) is 49.1 Å². The van der Waals surface area contributed by atoms with Gasteiger partial charge in [0.1, 0.15) is 0 Å². The number of halogens is 4. The molecule has 8 heteroatoms. The number of nitrogens with zero attached hydrogens (tertiary/aromatic N) is 4. The largest absolute Gasteiger partial charge is 0.409 e. The first-order chi connectivity index (χ1) is 12.1. The molecule has 26 heavy (non-hydrogen) atoms. The fourth-order valence-electron chi connectivity index (χ4n) is 2.83. The first-order valence-electron chi connectivity index (χ1n) is 7.96. The molecular weight excluding hydrogens is 348 g/mol. The van der Waals surface area contributed by atoms with Crippen molar-refractivity contribution >= 4 is 22.8 Å². The molecule has 4 nitrogen and oxygen atoms in total. The molecule has 1 aliphatic rings. The van der Waals surface area contributed by atoms with Crippen LogP contribution in [0.3, 0.4) is 0 Å². The summed E-state index contributed by atoms with van der Waals surface area (Å²) in [5.74, 6) is -8.50. The highest BCUT2D eigenvalue weighted by molar-refractivity contribution is 5.82. The number of hydrogen-bond acceptors (Lipinski definition) is 2. The van der Waals surface area contributed by atoms with Crippen LogP contribution in [-0.4, -0.2) is 40.0 Å². The molecular formula is C18H20F4N4+2. The van der Waals surface area contributed by atoms with E-state index in [2.05, 4.69) is 0 Å². The first-order valence-corrected chi connectivity index (χ1v) is 7.96. The van der Waals surface area contributed by atoms with Crippen LogP contribution < -0.4 is 18.9 Å². The number of rotatable bonds is 4. The van der Waals surface area contributed by atoms with E-state index < -0.39 is 23.2 Å². The third-order valence-corrected chi connectivity index (χ3v) is 4.39. The fraction of sp³-hybridized carbons (Fsp3) is 0.333. The van der Waals surface area contributed by atoms with Gasteiger partial charge < -0.3 is 9.80 Å². The maximum atomic E-state index is 14.2. The number of allylic oxidation sites excluding steroid dienone is 2. The van der Waals surface area contributed by atoms with Gasteiger partial charge in [0.05, 0.1) is 0 Å².